The van der Waals surface area contributed by atoms with Crippen LogP contribution in [0.2, 0.25) is 0 Å². The molecule has 0 aliphatic heterocycles. The molecule has 18 heavy (non-hydrogen) atoms. The normalized spacial score (nSPS) is 19.9. The number of Topliss-reactive ketones (excluding diaryl/α,β-unsaturated/α-hetero) is 2. The lowest BCUT2D eigenvalue weighted by atomic mass is 10.0. The summed E-state index contributed by atoms with van der Waals surface area (Å²) in [4.78, 5) is 22.5. The van der Waals surface area contributed by atoms with Gasteiger partial charge in [0.2, 0.25) is 0 Å². The van der Waals surface area contributed by atoms with Crippen LogP contribution in [0.3, 0.4) is 0 Å². The molecule has 0 aromatic heterocycles. The second kappa shape index (κ2) is 6.29. The second-order valence-electron chi connectivity index (χ2n) is 4.80. The lowest BCUT2D eigenvalue weighted by Crippen LogP contribution is -2.01. The molecular weight excluding hydrogens is 224 g/mol. The van der Waals surface area contributed by atoms with Gasteiger partial charge in [0.1, 0.15) is 11.6 Å². The van der Waals surface area contributed by atoms with Gasteiger partial charge in [0.05, 0.1) is 6.42 Å². The minimum absolute atomic E-state index is 0.0823. The van der Waals surface area contributed by atoms with Crippen molar-refractivity contribution in [1.29, 1.82) is 0 Å². The van der Waals surface area contributed by atoms with Crippen molar-refractivity contribution in [3.05, 3.63) is 48.0 Å². The van der Waals surface area contributed by atoms with Crippen LogP contribution in [0, 0.1) is 5.92 Å². The van der Waals surface area contributed by atoms with Crippen LogP contribution in [0.25, 0.3) is 0 Å². The van der Waals surface area contributed by atoms with Crippen molar-refractivity contribution >= 4 is 11.6 Å². The van der Waals surface area contributed by atoms with E-state index in [4.69, 9.17) is 0 Å². The summed E-state index contributed by atoms with van der Waals surface area (Å²) in [7, 11) is 0. The molecule has 1 aromatic carbocycles. The van der Waals surface area contributed by atoms with E-state index in [0.717, 1.165) is 19.3 Å². The number of rotatable bonds is 5. The molecule has 1 saturated carbocycles. The fourth-order valence-corrected chi connectivity index (χ4v) is 2.26. The van der Waals surface area contributed by atoms with Gasteiger partial charge in [-0.2, -0.15) is 0 Å². The van der Waals surface area contributed by atoms with Gasteiger partial charge in [-0.1, -0.05) is 42.5 Å². The number of hydrogen-bond donors (Lipinski definition) is 0. The number of allylic oxidation sites excluding steroid dienone is 2. The molecule has 0 saturated heterocycles. The van der Waals surface area contributed by atoms with Gasteiger partial charge in [-0.15, -0.1) is 0 Å². The third kappa shape index (κ3) is 3.66. The van der Waals surface area contributed by atoms with Crippen LogP contribution in [-0.2, 0) is 16.0 Å². The van der Waals surface area contributed by atoms with E-state index in [1.807, 2.05) is 30.4 Å². The molecule has 94 valence electrons. The van der Waals surface area contributed by atoms with E-state index < -0.39 is 0 Å². The number of aryl methyl sites for hydroxylation is 1. The Bertz CT molecular complexity index is 445. The molecule has 0 heterocycles. The van der Waals surface area contributed by atoms with Crippen LogP contribution in [0.5, 0.6) is 0 Å². The SMILES string of the molecule is O=C1CC(=O)[C@H](/C=C/CCCc2ccccc2)C1. The third-order valence-corrected chi connectivity index (χ3v) is 3.28. The Balaban J connectivity index is 1.69. The number of carbonyl (C=O) groups excluding carboxylic acids is 2. The van der Waals surface area contributed by atoms with Gasteiger partial charge in [0.25, 0.3) is 0 Å². The Hall–Kier alpha value is -1.70. The predicted molar refractivity (Wildman–Crippen MR) is 71.3 cm³/mol. The topological polar surface area (TPSA) is 34.1 Å². The largest absolute Gasteiger partial charge is 0.299 e. The highest BCUT2D eigenvalue weighted by Gasteiger charge is 2.28. The number of hydrogen-bond acceptors (Lipinski definition) is 2. The minimum Gasteiger partial charge on any atom is -0.299 e. The van der Waals surface area contributed by atoms with Crippen LogP contribution in [0.1, 0.15) is 31.2 Å². The highest BCUT2D eigenvalue weighted by atomic mass is 16.2. The fraction of sp³-hybridized carbons (Fsp3) is 0.375. The summed E-state index contributed by atoms with van der Waals surface area (Å²) in [6.07, 6.45) is 7.61. The quantitative estimate of drug-likeness (QED) is 0.451. The van der Waals surface area contributed by atoms with Crippen molar-refractivity contribution in [2.45, 2.75) is 32.1 Å². The zero-order chi connectivity index (χ0) is 12.8. The maximum absolute atomic E-state index is 11.4. The summed E-state index contributed by atoms with van der Waals surface area (Å²) in [5.74, 6) is 0.0208. The third-order valence-electron chi connectivity index (χ3n) is 3.28. The summed E-state index contributed by atoms with van der Waals surface area (Å²) in [5.41, 5.74) is 1.35. The average molecular weight is 242 g/mol. The van der Waals surface area contributed by atoms with E-state index in [1.54, 1.807) is 0 Å². The first kappa shape index (κ1) is 12.7. The van der Waals surface area contributed by atoms with E-state index >= 15 is 0 Å². The van der Waals surface area contributed by atoms with Gasteiger partial charge in [-0.05, 0) is 24.8 Å². The summed E-state index contributed by atoms with van der Waals surface area (Å²) in [6, 6.07) is 10.4. The standard InChI is InChI=1S/C16H18O2/c17-15-11-14(16(18)12-15)10-6-2-5-9-13-7-3-1-4-8-13/h1,3-4,6-8,10,14H,2,5,9,11-12H2/b10-6+/t14-/m1/s1. The van der Waals surface area contributed by atoms with Gasteiger partial charge in [-0.25, -0.2) is 0 Å². The molecule has 0 radical (unpaired) electrons. The number of unbranched alkanes of at least 4 members (excludes halogenated alkanes) is 1. The molecule has 2 heteroatoms. The molecule has 0 spiro atoms. The van der Waals surface area contributed by atoms with Crippen molar-refractivity contribution in [2.24, 2.45) is 5.92 Å². The maximum atomic E-state index is 11.4. The number of ketones is 2. The van der Waals surface area contributed by atoms with Gasteiger partial charge < -0.3 is 0 Å². The molecule has 0 amide bonds. The molecular formula is C16H18O2. The van der Waals surface area contributed by atoms with Gasteiger partial charge in [-0.3, -0.25) is 9.59 Å². The molecule has 1 aliphatic rings. The van der Waals surface area contributed by atoms with Crippen molar-refractivity contribution in [3.8, 4) is 0 Å². The average Bonchev–Trinajstić information content (AvgIpc) is 2.69. The Kier molecular flexibility index (Phi) is 4.46. The van der Waals surface area contributed by atoms with Crippen LogP contribution < -0.4 is 0 Å². The van der Waals surface area contributed by atoms with E-state index in [-0.39, 0.29) is 23.9 Å². The molecule has 1 aliphatic carbocycles. The summed E-state index contributed by atoms with van der Waals surface area (Å²) in [6.45, 7) is 0. The van der Waals surface area contributed by atoms with E-state index in [0.29, 0.717) is 6.42 Å². The monoisotopic (exact) mass is 242 g/mol. The first-order chi connectivity index (χ1) is 8.75. The fourth-order valence-electron chi connectivity index (χ4n) is 2.26. The molecule has 0 unspecified atom stereocenters. The summed E-state index contributed by atoms with van der Waals surface area (Å²) in [5, 5.41) is 0. The second-order valence-corrected chi connectivity index (χ2v) is 4.80. The minimum atomic E-state index is -0.144. The number of carbonyl (C=O) groups is 2. The Morgan fingerprint density at radius 3 is 2.61 bits per heavy atom. The van der Waals surface area contributed by atoms with Gasteiger partial charge >= 0.3 is 0 Å². The Labute approximate surface area is 108 Å². The molecule has 1 atom stereocenters. The first-order valence-electron chi connectivity index (χ1n) is 6.50. The summed E-state index contributed by atoms with van der Waals surface area (Å²) >= 11 is 0. The van der Waals surface area contributed by atoms with Gasteiger partial charge in [0, 0.05) is 12.3 Å². The first-order valence-corrected chi connectivity index (χ1v) is 6.50. The molecule has 1 aromatic rings. The van der Waals surface area contributed by atoms with Crippen molar-refractivity contribution in [1.82, 2.24) is 0 Å². The van der Waals surface area contributed by atoms with Crippen LogP contribution in [0.4, 0.5) is 0 Å². The van der Waals surface area contributed by atoms with E-state index in [2.05, 4.69) is 12.1 Å². The van der Waals surface area contributed by atoms with Crippen molar-refractivity contribution in [2.75, 3.05) is 0 Å². The predicted octanol–water partition coefficient (Wildman–Crippen LogP) is 3.11. The van der Waals surface area contributed by atoms with Gasteiger partial charge in [0.15, 0.2) is 0 Å². The van der Waals surface area contributed by atoms with Crippen molar-refractivity contribution in [3.63, 3.8) is 0 Å². The number of benzene rings is 1. The maximum Gasteiger partial charge on any atom is 0.147 e. The van der Waals surface area contributed by atoms with Crippen LogP contribution in [0.15, 0.2) is 42.5 Å². The highest BCUT2D eigenvalue weighted by Crippen LogP contribution is 2.19. The van der Waals surface area contributed by atoms with Crippen molar-refractivity contribution < 1.29 is 9.59 Å². The Morgan fingerprint density at radius 2 is 1.94 bits per heavy atom. The zero-order valence-electron chi connectivity index (χ0n) is 10.5. The molecule has 0 bridgehead atoms. The zero-order valence-corrected chi connectivity index (χ0v) is 10.5. The van der Waals surface area contributed by atoms with E-state index in [1.165, 1.54) is 5.56 Å². The smallest absolute Gasteiger partial charge is 0.147 e. The summed E-state index contributed by atoms with van der Waals surface area (Å²) < 4.78 is 0. The molecule has 2 rings (SSSR count). The molecule has 0 N–H and O–H groups in total. The van der Waals surface area contributed by atoms with Crippen LogP contribution in [-0.4, -0.2) is 11.6 Å². The molecule has 2 nitrogen and oxygen atoms in total. The molecule has 1 fully saturated rings. The lowest BCUT2D eigenvalue weighted by Gasteiger charge is -2.00. The van der Waals surface area contributed by atoms with Crippen LogP contribution >= 0.6 is 0 Å². The Morgan fingerprint density at radius 1 is 1.17 bits per heavy atom. The lowest BCUT2D eigenvalue weighted by molar-refractivity contribution is -0.122. The highest BCUT2D eigenvalue weighted by molar-refractivity contribution is 6.07. The van der Waals surface area contributed by atoms with E-state index in [9.17, 15) is 9.59 Å².